The van der Waals surface area contributed by atoms with Crippen molar-refractivity contribution < 1.29 is 9.47 Å². The molecule has 0 N–H and O–H groups in total. The maximum Gasteiger partial charge on any atom is 0.127 e. The number of hydrogen-bond acceptors (Lipinski definition) is 4. The van der Waals surface area contributed by atoms with Gasteiger partial charge in [0.05, 0.1) is 13.2 Å². The number of thiol groups is 2. The molecular formula is C44H82O2S2. The van der Waals surface area contributed by atoms with Crippen molar-refractivity contribution in [2.24, 2.45) is 0 Å². The lowest BCUT2D eigenvalue weighted by Crippen LogP contribution is -2.04. The number of rotatable bonds is 38. The molecule has 0 aliphatic carbocycles. The number of unbranched alkanes of at least 4 members (excludes halogenated alkanes) is 30. The number of ether oxygens (including phenoxy) is 2. The van der Waals surface area contributed by atoms with E-state index in [-0.39, 0.29) is 0 Å². The van der Waals surface area contributed by atoms with Crippen molar-refractivity contribution in [1.29, 1.82) is 0 Å². The highest BCUT2D eigenvalue weighted by atomic mass is 32.1. The minimum absolute atomic E-state index is 0.675. The van der Waals surface area contributed by atoms with Crippen molar-refractivity contribution >= 4 is 25.3 Å². The molecule has 0 aromatic heterocycles. The van der Waals surface area contributed by atoms with Gasteiger partial charge in [0.25, 0.3) is 0 Å². The first kappa shape index (κ1) is 45.5. The second-order valence-electron chi connectivity index (χ2n) is 14.7. The highest BCUT2D eigenvalue weighted by molar-refractivity contribution is 7.79. The van der Waals surface area contributed by atoms with Gasteiger partial charge in [-0.05, 0) is 18.9 Å². The van der Waals surface area contributed by atoms with Gasteiger partial charge >= 0.3 is 0 Å². The third kappa shape index (κ3) is 27.3. The van der Waals surface area contributed by atoms with Crippen molar-refractivity contribution in [2.45, 2.75) is 231 Å². The van der Waals surface area contributed by atoms with Crippen LogP contribution < -0.4 is 9.47 Å². The lowest BCUT2D eigenvalue weighted by Gasteiger charge is -2.16. The number of hydrogen-bond donors (Lipinski definition) is 2. The van der Waals surface area contributed by atoms with Gasteiger partial charge in [0.2, 0.25) is 0 Å². The van der Waals surface area contributed by atoms with Crippen LogP contribution in [-0.4, -0.2) is 13.2 Å². The van der Waals surface area contributed by atoms with Crippen LogP contribution in [0.5, 0.6) is 11.5 Å². The van der Waals surface area contributed by atoms with Gasteiger partial charge in [-0.2, -0.15) is 25.3 Å². The third-order valence-electron chi connectivity index (χ3n) is 10.1. The molecular weight excluding hydrogens is 625 g/mol. The van der Waals surface area contributed by atoms with E-state index in [1.54, 1.807) is 0 Å². The summed E-state index contributed by atoms with van der Waals surface area (Å²) >= 11 is 9.17. The van der Waals surface area contributed by atoms with Crippen LogP contribution in [-0.2, 0) is 11.5 Å². The molecule has 0 radical (unpaired) electrons. The molecule has 0 aliphatic heterocycles. The van der Waals surface area contributed by atoms with E-state index in [0.717, 1.165) is 48.7 Å². The van der Waals surface area contributed by atoms with Crippen LogP contribution in [0.1, 0.15) is 230 Å². The van der Waals surface area contributed by atoms with Crippen LogP contribution in [0, 0.1) is 0 Å². The zero-order valence-corrected chi connectivity index (χ0v) is 34.1. The Balaban J connectivity index is 2.07. The minimum atomic E-state index is 0.675. The van der Waals surface area contributed by atoms with E-state index in [2.05, 4.69) is 51.2 Å². The van der Waals surface area contributed by atoms with Crippen molar-refractivity contribution in [1.82, 2.24) is 0 Å². The molecule has 0 unspecified atom stereocenters. The first-order chi connectivity index (χ1) is 23.8. The summed E-state index contributed by atoms with van der Waals surface area (Å²) in [6.45, 7) is 6.15. The standard InChI is InChI=1S/C44H82O2S2/c1-3-5-7-9-11-13-15-17-19-21-23-25-27-29-31-33-35-45-43-38-44(42(40-48)37-41(43)39-47)46-36-34-32-30-28-26-24-22-20-18-16-14-12-10-8-6-4-2/h37-38,47-48H,3-36,39-40H2,1-2H3. The molecule has 0 atom stereocenters. The molecule has 0 spiro atoms. The van der Waals surface area contributed by atoms with E-state index in [1.165, 1.54) is 193 Å². The zero-order valence-electron chi connectivity index (χ0n) is 32.3. The van der Waals surface area contributed by atoms with Gasteiger partial charge in [0.1, 0.15) is 11.5 Å². The first-order valence-corrected chi connectivity index (χ1v) is 22.7. The Kier molecular flexibility index (Phi) is 34.5. The van der Waals surface area contributed by atoms with Crippen molar-refractivity contribution in [3.8, 4) is 11.5 Å². The van der Waals surface area contributed by atoms with Crippen LogP contribution in [0.15, 0.2) is 12.1 Å². The Labute approximate surface area is 312 Å². The normalized spacial score (nSPS) is 11.4. The summed E-state index contributed by atoms with van der Waals surface area (Å²) in [7, 11) is 0. The van der Waals surface area contributed by atoms with Crippen LogP contribution in [0.2, 0.25) is 0 Å². The molecule has 282 valence electrons. The molecule has 0 saturated heterocycles. The third-order valence-corrected chi connectivity index (χ3v) is 10.8. The summed E-state index contributed by atoms with van der Waals surface area (Å²) < 4.78 is 12.5. The van der Waals surface area contributed by atoms with Crippen molar-refractivity contribution in [3.63, 3.8) is 0 Å². The lowest BCUT2D eigenvalue weighted by atomic mass is 10.0. The molecule has 0 fully saturated rings. The zero-order chi connectivity index (χ0) is 34.6. The molecule has 0 amide bonds. The SMILES string of the molecule is CCCCCCCCCCCCCCCCCCOc1cc(OCCCCCCCCCCCCCCCCCC)c(CS)cc1CS. The highest BCUT2D eigenvalue weighted by Crippen LogP contribution is 2.32. The maximum absolute atomic E-state index is 6.27. The largest absolute Gasteiger partial charge is 0.493 e. The molecule has 0 aliphatic rings. The van der Waals surface area contributed by atoms with Crippen molar-refractivity contribution in [2.75, 3.05) is 13.2 Å². The van der Waals surface area contributed by atoms with Gasteiger partial charge in [-0.3, -0.25) is 0 Å². The maximum atomic E-state index is 6.27. The fourth-order valence-corrected chi connectivity index (χ4v) is 7.33. The highest BCUT2D eigenvalue weighted by Gasteiger charge is 2.11. The van der Waals surface area contributed by atoms with E-state index < -0.39 is 0 Å². The van der Waals surface area contributed by atoms with E-state index >= 15 is 0 Å². The molecule has 1 aromatic rings. The lowest BCUT2D eigenvalue weighted by molar-refractivity contribution is 0.287. The van der Waals surface area contributed by atoms with Gasteiger partial charge in [-0.25, -0.2) is 0 Å². The fourth-order valence-electron chi connectivity index (χ4n) is 6.84. The molecule has 1 rings (SSSR count). The Bertz CT molecular complexity index is 737. The summed E-state index contributed by atoms with van der Waals surface area (Å²) in [5.41, 5.74) is 2.29. The minimum Gasteiger partial charge on any atom is -0.493 e. The topological polar surface area (TPSA) is 18.5 Å². The summed E-state index contributed by atoms with van der Waals surface area (Å²) in [4.78, 5) is 0. The summed E-state index contributed by atoms with van der Waals surface area (Å²) in [5.74, 6) is 3.24. The fraction of sp³-hybridized carbons (Fsp3) is 0.864. The second-order valence-corrected chi connectivity index (χ2v) is 15.3. The average Bonchev–Trinajstić information content (AvgIpc) is 3.10. The Morgan fingerprint density at radius 2 is 0.562 bits per heavy atom. The average molecular weight is 707 g/mol. The summed E-state index contributed by atoms with van der Waals surface area (Å²) in [6, 6.07) is 4.29. The smallest absolute Gasteiger partial charge is 0.127 e. The second kappa shape index (κ2) is 36.3. The first-order valence-electron chi connectivity index (χ1n) is 21.4. The molecule has 0 saturated carbocycles. The van der Waals surface area contributed by atoms with Gasteiger partial charge in [0.15, 0.2) is 0 Å². The molecule has 0 bridgehead atoms. The molecule has 48 heavy (non-hydrogen) atoms. The van der Waals surface area contributed by atoms with Gasteiger partial charge in [-0.15, -0.1) is 0 Å². The Morgan fingerprint density at radius 3 is 0.792 bits per heavy atom. The van der Waals surface area contributed by atoms with Crippen LogP contribution in [0.25, 0.3) is 0 Å². The number of benzene rings is 1. The van der Waals surface area contributed by atoms with E-state index in [1.807, 2.05) is 0 Å². The summed E-state index contributed by atoms with van der Waals surface area (Å²) in [5, 5.41) is 0. The molecule has 4 heteroatoms. The van der Waals surface area contributed by atoms with Gasteiger partial charge in [0, 0.05) is 28.7 Å². The van der Waals surface area contributed by atoms with Crippen LogP contribution in [0.3, 0.4) is 0 Å². The van der Waals surface area contributed by atoms with Crippen LogP contribution >= 0.6 is 25.3 Å². The van der Waals surface area contributed by atoms with Crippen molar-refractivity contribution in [3.05, 3.63) is 23.3 Å². The predicted molar refractivity (Wildman–Crippen MR) is 222 cm³/mol. The van der Waals surface area contributed by atoms with E-state index in [0.29, 0.717) is 11.5 Å². The molecule has 0 heterocycles. The quantitative estimate of drug-likeness (QED) is 0.0527. The Hall–Kier alpha value is -0.480. The van der Waals surface area contributed by atoms with Gasteiger partial charge < -0.3 is 9.47 Å². The van der Waals surface area contributed by atoms with Crippen LogP contribution in [0.4, 0.5) is 0 Å². The summed E-state index contributed by atoms with van der Waals surface area (Å²) in [6.07, 6.45) is 44.4. The van der Waals surface area contributed by atoms with E-state index in [9.17, 15) is 0 Å². The monoisotopic (exact) mass is 707 g/mol. The molecule has 2 nitrogen and oxygen atoms in total. The van der Waals surface area contributed by atoms with E-state index in [4.69, 9.17) is 9.47 Å². The Morgan fingerprint density at radius 1 is 0.333 bits per heavy atom. The molecule has 1 aromatic carbocycles. The predicted octanol–water partition coefficient (Wildman–Crippen LogP) is 15.8. The van der Waals surface area contributed by atoms with Gasteiger partial charge in [-0.1, -0.05) is 206 Å².